The van der Waals surface area contributed by atoms with Crippen LogP contribution in [0.4, 0.5) is 11.1 Å². The number of rotatable bonds is 7. The van der Waals surface area contributed by atoms with Gasteiger partial charge in [0.1, 0.15) is 6.33 Å². The molecule has 4 rings (SSSR count). The van der Waals surface area contributed by atoms with E-state index in [4.69, 9.17) is 4.42 Å². The molecule has 0 saturated carbocycles. The van der Waals surface area contributed by atoms with Crippen molar-refractivity contribution in [1.82, 2.24) is 19.7 Å². The summed E-state index contributed by atoms with van der Waals surface area (Å²) in [5, 5.41) is 11.6. The predicted molar refractivity (Wildman–Crippen MR) is 107 cm³/mol. The van der Waals surface area contributed by atoms with Gasteiger partial charge in [0.25, 0.3) is 5.91 Å². The van der Waals surface area contributed by atoms with Crippen LogP contribution in [0.25, 0.3) is 0 Å². The van der Waals surface area contributed by atoms with E-state index < -0.39 is 5.91 Å². The topological polar surface area (TPSA) is 115 Å². The van der Waals surface area contributed by atoms with Gasteiger partial charge in [-0.25, -0.2) is 14.6 Å². The van der Waals surface area contributed by atoms with Gasteiger partial charge in [-0.15, -0.1) is 16.4 Å². The molecule has 0 radical (unpaired) electrons. The maximum Gasteiger partial charge on any atom is 0.293 e. The molecule has 4 aromatic rings. The highest BCUT2D eigenvalue weighted by Gasteiger charge is 2.14. The van der Waals surface area contributed by atoms with E-state index in [1.807, 2.05) is 30.3 Å². The van der Waals surface area contributed by atoms with Gasteiger partial charge in [0.15, 0.2) is 10.9 Å². The van der Waals surface area contributed by atoms with Gasteiger partial charge in [-0.3, -0.25) is 20.2 Å². The molecule has 10 heteroatoms. The summed E-state index contributed by atoms with van der Waals surface area (Å²) in [6.45, 7) is 0.564. The number of aromatic nitrogens is 4. The molecule has 9 nitrogen and oxygen atoms in total. The van der Waals surface area contributed by atoms with Crippen molar-refractivity contribution in [2.45, 2.75) is 13.0 Å². The number of carbonyl (C=O) groups is 2. The minimum absolute atomic E-state index is 0.0420. The Labute approximate surface area is 169 Å². The van der Waals surface area contributed by atoms with Crippen molar-refractivity contribution in [3.8, 4) is 0 Å². The fourth-order valence-electron chi connectivity index (χ4n) is 2.54. The number of nitrogens with one attached hydrogen (secondary N) is 2. The number of furan rings is 1. The van der Waals surface area contributed by atoms with Crippen molar-refractivity contribution in [2.75, 3.05) is 10.6 Å². The lowest BCUT2D eigenvalue weighted by Crippen LogP contribution is -2.16. The SMILES string of the molecule is O=C(Cc1csc(NC(=O)c2ccco2)n1)Nc1ncn(Cc2ccccc2)n1. The lowest BCUT2D eigenvalue weighted by molar-refractivity contribution is -0.115. The van der Waals surface area contributed by atoms with Gasteiger partial charge in [0.2, 0.25) is 11.9 Å². The molecule has 3 heterocycles. The van der Waals surface area contributed by atoms with E-state index in [2.05, 4.69) is 25.7 Å². The van der Waals surface area contributed by atoms with Gasteiger partial charge < -0.3 is 4.42 Å². The van der Waals surface area contributed by atoms with Crippen molar-refractivity contribution in [1.29, 1.82) is 0 Å². The summed E-state index contributed by atoms with van der Waals surface area (Å²) in [5.41, 5.74) is 1.62. The second-order valence-electron chi connectivity index (χ2n) is 6.05. The number of amides is 2. The van der Waals surface area contributed by atoms with E-state index in [-0.39, 0.29) is 24.0 Å². The predicted octanol–water partition coefficient (Wildman–Crippen LogP) is 2.81. The molecule has 2 N–H and O–H groups in total. The van der Waals surface area contributed by atoms with Gasteiger partial charge in [0.05, 0.1) is 24.9 Å². The molecule has 146 valence electrons. The van der Waals surface area contributed by atoms with E-state index in [1.165, 1.54) is 17.6 Å². The molecular weight excluding hydrogens is 392 g/mol. The quantitative estimate of drug-likeness (QED) is 0.486. The van der Waals surface area contributed by atoms with Crippen LogP contribution < -0.4 is 10.6 Å². The monoisotopic (exact) mass is 408 g/mol. The zero-order chi connectivity index (χ0) is 20.1. The molecule has 0 bridgehead atoms. The first-order valence-electron chi connectivity index (χ1n) is 8.68. The Balaban J connectivity index is 1.30. The lowest BCUT2D eigenvalue weighted by Gasteiger charge is -2.01. The first-order valence-corrected chi connectivity index (χ1v) is 9.56. The normalized spacial score (nSPS) is 10.6. The fourth-order valence-corrected chi connectivity index (χ4v) is 3.25. The molecule has 29 heavy (non-hydrogen) atoms. The Bertz CT molecular complexity index is 1100. The summed E-state index contributed by atoms with van der Waals surface area (Å²) < 4.78 is 6.68. The third-order valence-corrected chi connectivity index (χ3v) is 4.64. The largest absolute Gasteiger partial charge is 0.459 e. The number of hydrogen-bond acceptors (Lipinski definition) is 7. The minimum atomic E-state index is -0.395. The number of benzene rings is 1. The Kier molecular flexibility index (Phi) is 5.43. The lowest BCUT2D eigenvalue weighted by atomic mass is 10.2. The average Bonchev–Trinajstić information content (AvgIpc) is 3.46. The van der Waals surface area contributed by atoms with E-state index in [1.54, 1.807) is 28.5 Å². The van der Waals surface area contributed by atoms with Crippen LogP contribution in [0.2, 0.25) is 0 Å². The summed E-state index contributed by atoms with van der Waals surface area (Å²) >= 11 is 1.23. The number of anilines is 2. The average molecular weight is 408 g/mol. The number of hydrogen-bond donors (Lipinski definition) is 2. The standard InChI is InChI=1S/C19H16N6O3S/c26-16(22-18-20-12-25(24-18)10-13-5-2-1-3-6-13)9-14-11-29-19(21-14)23-17(27)15-7-4-8-28-15/h1-8,11-12H,9-10H2,(H,21,23,27)(H,22,24,26). The van der Waals surface area contributed by atoms with Crippen LogP contribution in [0.15, 0.2) is 64.9 Å². The molecule has 0 aliphatic carbocycles. The molecule has 0 fully saturated rings. The van der Waals surface area contributed by atoms with E-state index in [0.29, 0.717) is 17.4 Å². The molecule has 3 aromatic heterocycles. The summed E-state index contributed by atoms with van der Waals surface area (Å²) in [7, 11) is 0. The zero-order valence-corrected chi connectivity index (χ0v) is 15.9. The summed E-state index contributed by atoms with van der Waals surface area (Å²) in [5.74, 6) is -0.269. The Morgan fingerprint density at radius 3 is 2.76 bits per heavy atom. The van der Waals surface area contributed by atoms with Crippen LogP contribution in [0, 0.1) is 0 Å². The first kappa shape index (κ1) is 18.6. The van der Waals surface area contributed by atoms with Gasteiger partial charge >= 0.3 is 0 Å². The van der Waals surface area contributed by atoms with Gasteiger partial charge in [-0.05, 0) is 17.7 Å². The second kappa shape index (κ2) is 8.48. The summed E-state index contributed by atoms with van der Waals surface area (Å²) in [6.07, 6.45) is 3.02. The van der Waals surface area contributed by atoms with Gasteiger partial charge in [0, 0.05) is 5.38 Å². The van der Waals surface area contributed by atoms with Gasteiger partial charge in [-0.2, -0.15) is 0 Å². The molecule has 0 aliphatic heterocycles. The number of carbonyl (C=O) groups excluding carboxylic acids is 2. The van der Waals surface area contributed by atoms with E-state index in [9.17, 15) is 9.59 Å². The fraction of sp³-hybridized carbons (Fsp3) is 0.105. The van der Waals surface area contributed by atoms with E-state index >= 15 is 0 Å². The smallest absolute Gasteiger partial charge is 0.293 e. The molecule has 0 atom stereocenters. The van der Waals surface area contributed by atoms with Crippen LogP contribution in [0.3, 0.4) is 0 Å². The molecule has 1 aromatic carbocycles. The third kappa shape index (κ3) is 4.93. The van der Waals surface area contributed by atoms with Crippen LogP contribution in [-0.4, -0.2) is 31.6 Å². The Morgan fingerprint density at radius 1 is 1.10 bits per heavy atom. The Morgan fingerprint density at radius 2 is 1.97 bits per heavy atom. The van der Waals surface area contributed by atoms with Crippen molar-refractivity contribution < 1.29 is 14.0 Å². The van der Waals surface area contributed by atoms with Crippen molar-refractivity contribution in [2.24, 2.45) is 0 Å². The third-order valence-electron chi connectivity index (χ3n) is 3.83. The van der Waals surface area contributed by atoms with Crippen molar-refractivity contribution in [3.63, 3.8) is 0 Å². The maximum atomic E-state index is 12.2. The van der Waals surface area contributed by atoms with Crippen molar-refractivity contribution in [3.05, 3.63) is 77.5 Å². The maximum absolute atomic E-state index is 12.2. The number of nitrogens with zero attached hydrogens (tertiary/aromatic N) is 4. The minimum Gasteiger partial charge on any atom is -0.459 e. The molecule has 2 amide bonds. The zero-order valence-electron chi connectivity index (χ0n) is 15.1. The first-order chi connectivity index (χ1) is 14.2. The highest BCUT2D eigenvalue weighted by Crippen LogP contribution is 2.17. The number of thiazole rings is 1. The Hall–Kier alpha value is -3.79. The highest BCUT2D eigenvalue weighted by molar-refractivity contribution is 7.14. The van der Waals surface area contributed by atoms with Crippen LogP contribution >= 0.6 is 11.3 Å². The molecule has 0 unspecified atom stereocenters. The van der Waals surface area contributed by atoms with Crippen molar-refractivity contribution >= 4 is 34.2 Å². The molecular formula is C19H16N6O3S. The van der Waals surface area contributed by atoms with E-state index in [0.717, 1.165) is 5.56 Å². The summed E-state index contributed by atoms with van der Waals surface area (Å²) in [6, 6.07) is 13.0. The summed E-state index contributed by atoms with van der Waals surface area (Å²) in [4.78, 5) is 32.5. The highest BCUT2D eigenvalue weighted by atomic mass is 32.1. The molecule has 0 saturated heterocycles. The van der Waals surface area contributed by atoms with Crippen LogP contribution in [0.5, 0.6) is 0 Å². The van der Waals surface area contributed by atoms with Gasteiger partial charge in [-0.1, -0.05) is 30.3 Å². The molecule has 0 spiro atoms. The second-order valence-corrected chi connectivity index (χ2v) is 6.91. The van der Waals surface area contributed by atoms with Crippen LogP contribution in [-0.2, 0) is 17.8 Å². The van der Waals surface area contributed by atoms with Crippen LogP contribution in [0.1, 0.15) is 21.8 Å². The molecule has 0 aliphatic rings.